The van der Waals surface area contributed by atoms with E-state index in [9.17, 15) is 45.1 Å². The van der Waals surface area contributed by atoms with Gasteiger partial charge in [0, 0.05) is 81.1 Å². The van der Waals surface area contributed by atoms with Crippen molar-refractivity contribution in [3.8, 4) is 0 Å². The van der Waals surface area contributed by atoms with E-state index >= 15 is 0 Å². The predicted octanol–water partition coefficient (Wildman–Crippen LogP) is 3.44. The number of hydrogen-bond donors (Lipinski definition) is 2. The fraction of sp³-hybridized carbons (Fsp3) is 0.721. The predicted molar refractivity (Wildman–Crippen MR) is 242 cm³/mol. The number of nitrogens with one attached hydrogen (secondary N) is 2. The van der Waals surface area contributed by atoms with E-state index in [2.05, 4.69) is 36.9 Å². The Hall–Kier alpha value is -3.14. The van der Waals surface area contributed by atoms with E-state index in [-0.39, 0.29) is 34.9 Å². The number of unbranched alkanes of at least 4 members (excludes halogenated alkanes) is 3. The minimum Gasteiger partial charge on any atom is -0.748 e. The number of rotatable bonds is 37. The summed E-state index contributed by atoms with van der Waals surface area (Å²) in [6.07, 6.45) is 10.3. The van der Waals surface area contributed by atoms with E-state index in [0.717, 1.165) is 62.6 Å². The van der Waals surface area contributed by atoms with Crippen LogP contribution >= 0.6 is 0 Å². The number of amides is 2. The highest BCUT2D eigenvalue weighted by molar-refractivity contribution is 7.85. The minimum absolute atomic E-state index is 0.0839. The van der Waals surface area contributed by atoms with Crippen molar-refractivity contribution in [2.24, 2.45) is 0 Å². The lowest BCUT2D eigenvalue weighted by atomic mass is 10.2. The largest absolute Gasteiger partial charge is 0.748 e. The molecule has 0 aromatic heterocycles. The first kappa shape index (κ1) is 63.2. The van der Waals surface area contributed by atoms with Gasteiger partial charge in [0.2, 0.25) is 11.8 Å². The van der Waals surface area contributed by atoms with Crippen molar-refractivity contribution in [2.75, 3.05) is 119 Å². The molecule has 0 saturated carbocycles. The number of ether oxygens (including phenoxy) is 3. The number of carbonyl (C=O) groups excluding carboxylic acids is 4. The number of hydrogen-bond acceptors (Lipinski definition) is 13. The molecule has 0 radical (unpaired) electrons. The molecule has 362 valence electrons. The fourth-order valence-electron chi connectivity index (χ4n) is 5.18. The van der Waals surface area contributed by atoms with Gasteiger partial charge in [-0.3, -0.25) is 19.2 Å². The second-order valence-corrected chi connectivity index (χ2v) is 19.3. The summed E-state index contributed by atoms with van der Waals surface area (Å²) in [7, 11) is -0.176. The summed E-state index contributed by atoms with van der Waals surface area (Å²) in [4.78, 5) is 44.4. The van der Waals surface area contributed by atoms with Crippen molar-refractivity contribution < 1.29 is 68.3 Å². The quantitative estimate of drug-likeness (QED) is 0.0394. The Balaban J connectivity index is -0.000000847. The van der Waals surface area contributed by atoms with Gasteiger partial charge in [-0.2, -0.15) is 0 Å². The van der Waals surface area contributed by atoms with Crippen molar-refractivity contribution in [1.82, 2.24) is 10.6 Å². The molecule has 0 aromatic carbocycles. The lowest BCUT2D eigenvalue weighted by molar-refractivity contribution is -0.890. The van der Waals surface area contributed by atoms with Crippen LogP contribution in [0, 0.1) is 0 Å². The van der Waals surface area contributed by atoms with Crippen LogP contribution in [-0.4, -0.2) is 177 Å². The monoisotopic (exact) mass is 925 g/mol. The molecule has 0 heterocycles. The zero-order chi connectivity index (χ0) is 48.1. The molecular weight excluding hydrogens is 845 g/mol. The number of allylic oxidation sites excluding steroid dienone is 2. The van der Waals surface area contributed by atoms with Gasteiger partial charge in [0.05, 0.1) is 101 Å². The van der Waals surface area contributed by atoms with Gasteiger partial charge in [-0.1, -0.05) is 26.3 Å². The summed E-state index contributed by atoms with van der Waals surface area (Å²) >= 11 is 0. The molecule has 62 heavy (non-hydrogen) atoms. The van der Waals surface area contributed by atoms with Crippen LogP contribution in [0.25, 0.3) is 0 Å². The molecule has 0 fully saturated rings. The van der Waals surface area contributed by atoms with Gasteiger partial charge in [-0.25, -0.2) is 16.8 Å². The third-order valence-corrected chi connectivity index (χ3v) is 10.5. The number of ketones is 2. The lowest BCUT2D eigenvalue weighted by Gasteiger charge is -2.30. The molecule has 2 N–H and O–H groups in total. The van der Waals surface area contributed by atoms with Crippen molar-refractivity contribution in [2.45, 2.75) is 84.5 Å². The molecule has 0 spiro atoms. The van der Waals surface area contributed by atoms with E-state index in [0.29, 0.717) is 107 Å². The number of nitrogens with zero attached hydrogens (tertiary/aromatic N) is 2. The zero-order valence-corrected chi connectivity index (χ0v) is 40.3. The van der Waals surface area contributed by atoms with Crippen LogP contribution < -0.4 is 10.6 Å². The van der Waals surface area contributed by atoms with Crippen LogP contribution in [0.2, 0.25) is 0 Å². The molecule has 0 unspecified atom stereocenters. The molecule has 17 nitrogen and oxygen atoms in total. The van der Waals surface area contributed by atoms with Gasteiger partial charge in [0.1, 0.15) is 0 Å². The van der Waals surface area contributed by atoms with Crippen LogP contribution in [0.15, 0.2) is 49.6 Å². The van der Waals surface area contributed by atoms with Crippen molar-refractivity contribution in [3.63, 3.8) is 0 Å². The molecule has 0 aliphatic rings. The minimum atomic E-state index is -4.12. The summed E-state index contributed by atoms with van der Waals surface area (Å²) in [6.45, 7) is 25.0. The molecule has 0 bridgehead atoms. The van der Waals surface area contributed by atoms with E-state index in [1.807, 2.05) is 28.2 Å². The smallest absolute Gasteiger partial charge is 0.246 e. The fourth-order valence-corrected chi connectivity index (χ4v) is 6.22. The molecular formula is C43H80N4O13S2. The first-order valence-corrected chi connectivity index (χ1v) is 24.3. The highest BCUT2D eigenvalue weighted by Gasteiger charge is 2.16. The SMILES string of the molecule is C=C(C)C(=O)NCCC[N+](C)(C)CCCCS(=O)(=O)[O-].C=C(C)C(=O)NCCC[N+](C)(C)CCCS(=O)(=O)[O-].C=CC(=O)CCCCOCCOCCOCCCCC(=O)C=C. The van der Waals surface area contributed by atoms with Gasteiger partial charge >= 0.3 is 0 Å². The van der Waals surface area contributed by atoms with Crippen LogP contribution in [0.1, 0.15) is 84.5 Å². The Bertz CT molecular complexity index is 1520. The van der Waals surface area contributed by atoms with E-state index in [1.165, 1.54) is 12.2 Å². The summed E-state index contributed by atoms with van der Waals surface area (Å²) in [5, 5.41) is 5.51. The van der Waals surface area contributed by atoms with Crippen LogP contribution in [0.4, 0.5) is 0 Å². The lowest BCUT2D eigenvalue weighted by Crippen LogP contribution is -2.43. The van der Waals surface area contributed by atoms with Gasteiger partial charge in [-0.05, 0) is 64.5 Å². The molecule has 0 aliphatic heterocycles. The van der Waals surface area contributed by atoms with Crippen LogP contribution in [0.5, 0.6) is 0 Å². The highest BCUT2D eigenvalue weighted by Crippen LogP contribution is 2.05. The molecule has 19 heteroatoms. The summed E-state index contributed by atoms with van der Waals surface area (Å²) in [6, 6.07) is 0. The average molecular weight is 925 g/mol. The van der Waals surface area contributed by atoms with Gasteiger partial charge in [0.25, 0.3) is 0 Å². The number of carbonyl (C=O) groups is 4. The first-order chi connectivity index (χ1) is 28.8. The highest BCUT2D eigenvalue weighted by atomic mass is 32.2. The maximum Gasteiger partial charge on any atom is 0.246 e. The van der Waals surface area contributed by atoms with Gasteiger partial charge in [0.15, 0.2) is 11.6 Å². The molecule has 0 rings (SSSR count). The Morgan fingerprint density at radius 1 is 0.516 bits per heavy atom. The average Bonchev–Trinajstić information content (AvgIpc) is 3.17. The Morgan fingerprint density at radius 3 is 1.18 bits per heavy atom. The Kier molecular flexibility index (Phi) is 37.9. The first-order valence-electron chi connectivity index (χ1n) is 21.2. The second kappa shape index (κ2) is 37.3. The van der Waals surface area contributed by atoms with Gasteiger partial charge in [-0.15, -0.1) is 0 Å². The van der Waals surface area contributed by atoms with Gasteiger partial charge < -0.3 is 42.9 Å². The van der Waals surface area contributed by atoms with E-state index in [1.54, 1.807) is 13.8 Å². The molecule has 0 aromatic rings. The second-order valence-electron chi connectivity index (χ2n) is 16.2. The zero-order valence-electron chi connectivity index (χ0n) is 38.7. The van der Waals surface area contributed by atoms with E-state index < -0.39 is 20.2 Å². The molecule has 2 amide bonds. The van der Waals surface area contributed by atoms with Crippen molar-refractivity contribution in [1.29, 1.82) is 0 Å². The Labute approximate surface area is 374 Å². The topological polar surface area (TPSA) is 234 Å². The Morgan fingerprint density at radius 2 is 0.839 bits per heavy atom. The molecule has 0 saturated heterocycles. The third-order valence-electron chi connectivity index (χ3n) is 8.92. The standard InChI is InChI=1S/C18H30O5.C13H26N2O4S.C12H24N2O4S/c1-3-17(19)9-5-7-11-21-13-15-23-16-14-22-12-8-6-10-18(20)4-2;1-12(2)13(16)14-8-7-10-15(3,4)9-5-6-11-20(17,18)19;1-11(2)12(15)13-7-5-8-14(3,4)9-6-10-19(16,17)18/h3-4H,1-2,5-16H2;1,5-11H2,2-4H3,(H-,14,16,17,18,19);1,5-10H2,2-4H3,(H-,13,15,16,17,18). The number of quaternary nitrogens is 2. The van der Waals surface area contributed by atoms with Crippen molar-refractivity contribution in [3.05, 3.63) is 49.6 Å². The van der Waals surface area contributed by atoms with Crippen LogP contribution in [0.3, 0.4) is 0 Å². The summed E-state index contributed by atoms with van der Waals surface area (Å²) in [5.41, 5.74) is 0.979. The maximum atomic E-state index is 11.3. The maximum absolute atomic E-state index is 11.3. The van der Waals surface area contributed by atoms with Crippen molar-refractivity contribution >= 4 is 43.6 Å². The summed E-state index contributed by atoms with van der Waals surface area (Å²) < 4.78 is 80.5. The third kappa shape index (κ3) is 49.5. The van der Waals surface area contributed by atoms with E-state index in [4.69, 9.17) is 14.2 Å². The van der Waals surface area contributed by atoms with Crippen LogP contribution in [-0.2, 0) is 53.6 Å². The summed E-state index contributed by atoms with van der Waals surface area (Å²) in [5.74, 6) is -0.720. The molecule has 0 atom stereocenters. The normalized spacial score (nSPS) is 11.5. The molecule has 0 aliphatic carbocycles.